The normalized spacial score (nSPS) is 53.5. The molecule has 0 aliphatic heterocycles. The lowest BCUT2D eigenvalue weighted by Gasteiger charge is -2.59. The molecule has 3 nitrogen and oxygen atoms in total. The average Bonchev–Trinajstić information content (AvgIpc) is 2.86. The molecular formula is C21H28O3. The molecular weight excluding hydrogens is 300 g/mol. The van der Waals surface area contributed by atoms with Gasteiger partial charge in [0.1, 0.15) is 17.7 Å². The first-order valence-corrected chi connectivity index (χ1v) is 9.58. The molecule has 0 radical (unpaired) electrons. The van der Waals surface area contributed by atoms with Crippen LogP contribution in [0.5, 0.6) is 0 Å². The van der Waals surface area contributed by atoms with E-state index in [9.17, 15) is 14.7 Å². The molecule has 4 rings (SSSR count). The minimum atomic E-state index is -0.990. The highest BCUT2D eigenvalue weighted by atomic mass is 16.3. The first-order chi connectivity index (χ1) is 11.4. The molecule has 0 heterocycles. The fourth-order valence-corrected chi connectivity index (χ4v) is 7.23. The van der Waals surface area contributed by atoms with E-state index < -0.39 is 5.60 Å². The van der Waals surface area contributed by atoms with Gasteiger partial charge in [-0.1, -0.05) is 12.8 Å². The second-order valence-corrected chi connectivity index (χ2v) is 9.12. The summed E-state index contributed by atoms with van der Waals surface area (Å²) in [4.78, 5) is 24.2. The maximum Gasteiger partial charge on any atom is 0.133 e. The van der Waals surface area contributed by atoms with E-state index in [1.54, 1.807) is 0 Å². The maximum absolute atomic E-state index is 12.2. The van der Waals surface area contributed by atoms with Gasteiger partial charge in [0.15, 0.2) is 0 Å². The third-order valence-electron chi connectivity index (χ3n) is 8.66. The van der Waals surface area contributed by atoms with Gasteiger partial charge in [0.05, 0.1) is 0 Å². The first kappa shape index (κ1) is 16.3. The van der Waals surface area contributed by atoms with Crippen LogP contribution in [0.1, 0.15) is 64.7 Å². The Bertz CT molecular complexity index is 619. The molecule has 4 aliphatic rings. The number of hydrogen-bond donors (Lipinski definition) is 1. The highest BCUT2D eigenvalue weighted by Crippen LogP contribution is 2.67. The minimum absolute atomic E-state index is 0.218. The van der Waals surface area contributed by atoms with Crippen molar-refractivity contribution < 1.29 is 14.7 Å². The number of carbonyl (C=O) groups excluding carboxylic acids is 2. The standard InChI is InChI=1S/C21H28O3/c1-3-21(24)11-8-17-16-5-4-14-12-15(23)6-10-20(14,13-22)18(16)7-9-19(17,21)2/h1,13-14,16-18,24H,4-12H2,2H3/t14-,16-,17-,18-,19-,20+,21-/m0/s1. The summed E-state index contributed by atoms with van der Waals surface area (Å²) < 4.78 is 0. The van der Waals surface area contributed by atoms with Crippen molar-refractivity contribution in [2.24, 2.45) is 34.5 Å². The van der Waals surface area contributed by atoms with E-state index in [1.165, 1.54) is 6.29 Å². The molecule has 0 saturated heterocycles. The fraction of sp³-hybridized carbons (Fsp3) is 0.810. The molecule has 4 saturated carbocycles. The van der Waals surface area contributed by atoms with E-state index in [4.69, 9.17) is 6.42 Å². The van der Waals surface area contributed by atoms with Gasteiger partial charge in [-0.05, 0) is 68.6 Å². The summed E-state index contributed by atoms with van der Waals surface area (Å²) in [5, 5.41) is 11.0. The molecule has 0 amide bonds. The SMILES string of the molecule is C#C[C@]1(O)CC[C@H]2[C@@H]3CC[C@H]4CC(=O)CC[C@]4(C=O)[C@H]3CC[C@@]21C. The van der Waals surface area contributed by atoms with Gasteiger partial charge >= 0.3 is 0 Å². The van der Waals surface area contributed by atoms with E-state index in [2.05, 4.69) is 12.8 Å². The van der Waals surface area contributed by atoms with Crippen LogP contribution in [-0.2, 0) is 9.59 Å². The van der Waals surface area contributed by atoms with Crippen LogP contribution in [0.15, 0.2) is 0 Å². The van der Waals surface area contributed by atoms with Crippen molar-refractivity contribution in [2.45, 2.75) is 70.3 Å². The topological polar surface area (TPSA) is 54.4 Å². The minimum Gasteiger partial charge on any atom is -0.377 e. The molecule has 0 bridgehead atoms. The van der Waals surface area contributed by atoms with E-state index in [1.807, 2.05) is 0 Å². The van der Waals surface area contributed by atoms with Crippen LogP contribution in [-0.4, -0.2) is 22.8 Å². The van der Waals surface area contributed by atoms with Crippen LogP contribution in [0.25, 0.3) is 0 Å². The largest absolute Gasteiger partial charge is 0.377 e. The van der Waals surface area contributed by atoms with Crippen LogP contribution in [0.4, 0.5) is 0 Å². The molecule has 0 spiro atoms. The zero-order chi connectivity index (χ0) is 17.2. The molecule has 1 N–H and O–H groups in total. The van der Waals surface area contributed by atoms with Gasteiger partial charge in [-0.2, -0.15) is 0 Å². The molecule has 130 valence electrons. The number of aliphatic hydroxyl groups is 1. The Balaban J connectivity index is 1.69. The number of terminal acetylenes is 1. The molecule has 4 aliphatic carbocycles. The third kappa shape index (κ3) is 1.84. The van der Waals surface area contributed by atoms with E-state index in [0.717, 1.165) is 38.5 Å². The Morgan fingerprint density at radius 2 is 1.92 bits per heavy atom. The number of aldehydes is 1. The van der Waals surface area contributed by atoms with Gasteiger partial charge in [-0.15, -0.1) is 6.42 Å². The fourth-order valence-electron chi connectivity index (χ4n) is 7.23. The lowest BCUT2D eigenvalue weighted by Crippen LogP contribution is -2.57. The van der Waals surface area contributed by atoms with Gasteiger partial charge in [-0.3, -0.25) is 4.79 Å². The Hall–Kier alpha value is -1.14. The molecule has 7 atom stereocenters. The Morgan fingerprint density at radius 3 is 2.62 bits per heavy atom. The highest BCUT2D eigenvalue weighted by molar-refractivity contribution is 5.82. The Labute approximate surface area is 144 Å². The second kappa shape index (κ2) is 5.18. The summed E-state index contributed by atoms with van der Waals surface area (Å²) in [6.07, 6.45) is 14.4. The molecule has 0 aromatic carbocycles. The van der Waals surface area contributed by atoms with Gasteiger partial charge in [0, 0.05) is 23.7 Å². The van der Waals surface area contributed by atoms with E-state index in [0.29, 0.717) is 42.8 Å². The lowest BCUT2D eigenvalue weighted by atomic mass is 9.44. The molecule has 4 fully saturated rings. The van der Waals surface area contributed by atoms with E-state index >= 15 is 0 Å². The zero-order valence-corrected chi connectivity index (χ0v) is 14.6. The number of hydrogen-bond acceptors (Lipinski definition) is 3. The average molecular weight is 328 g/mol. The van der Waals surface area contributed by atoms with E-state index in [-0.39, 0.29) is 16.7 Å². The Kier molecular flexibility index (Phi) is 3.52. The van der Waals surface area contributed by atoms with Crippen LogP contribution < -0.4 is 0 Å². The summed E-state index contributed by atoms with van der Waals surface area (Å²) >= 11 is 0. The smallest absolute Gasteiger partial charge is 0.133 e. The molecule has 24 heavy (non-hydrogen) atoms. The van der Waals surface area contributed by atoms with Gasteiger partial charge in [-0.25, -0.2) is 0 Å². The summed E-state index contributed by atoms with van der Waals surface area (Å²) in [6, 6.07) is 0. The van der Waals surface area contributed by atoms with Crippen molar-refractivity contribution in [2.75, 3.05) is 0 Å². The van der Waals surface area contributed by atoms with Crippen molar-refractivity contribution in [3.63, 3.8) is 0 Å². The third-order valence-corrected chi connectivity index (χ3v) is 8.66. The van der Waals surface area contributed by atoms with Crippen LogP contribution in [0.3, 0.4) is 0 Å². The Morgan fingerprint density at radius 1 is 1.17 bits per heavy atom. The number of carbonyl (C=O) groups is 2. The number of fused-ring (bicyclic) bond motifs is 5. The molecule has 0 unspecified atom stereocenters. The monoisotopic (exact) mass is 328 g/mol. The summed E-state index contributed by atoms with van der Waals surface area (Å²) in [6.45, 7) is 2.17. The highest BCUT2D eigenvalue weighted by Gasteiger charge is 2.65. The predicted molar refractivity (Wildman–Crippen MR) is 90.9 cm³/mol. The summed E-state index contributed by atoms with van der Waals surface area (Å²) in [7, 11) is 0. The summed E-state index contributed by atoms with van der Waals surface area (Å²) in [5.74, 6) is 4.54. The van der Waals surface area contributed by atoms with Gasteiger partial charge in [0.2, 0.25) is 0 Å². The second-order valence-electron chi connectivity index (χ2n) is 9.12. The number of Topliss-reactive ketones (excluding diaryl/α,β-unsaturated/α-hetero) is 1. The van der Waals surface area contributed by atoms with Crippen molar-refractivity contribution in [1.82, 2.24) is 0 Å². The maximum atomic E-state index is 12.2. The number of ketones is 1. The molecule has 0 aromatic rings. The van der Waals surface area contributed by atoms with Crippen LogP contribution >= 0.6 is 0 Å². The lowest BCUT2D eigenvalue weighted by molar-refractivity contribution is -0.158. The van der Waals surface area contributed by atoms with Crippen LogP contribution in [0, 0.1) is 46.8 Å². The zero-order valence-electron chi connectivity index (χ0n) is 14.6. The number of rotatable bonds is 1. The predicted octanol–water partition coefficient (Wildman–Crippen LogP) is 3.14. The van der Waals surface area contributed by atoms with Gasteiger partial charge < -0.3 is 9.90 Å². The van der Waals surface area contributed by atoms with Crippen LogP contribution in [0.2, 0.25) is 0 Å². The van der Waals surface area contributed by atoms with Crippen molar-refractivity contribution in [3.8, 4) is 12.3 Å². The van der Waals surface area contributed by atoms with Crippen molar-refractivity contribution in [3.05, 3.63) is 0 Å². The molecule has 3 heteroatoms. The van der Waals surface area contributed by atoms with Crippen molar-refractivity contribution >= 4 is 12.1 Å². The van der Waals surface area contributed by atoms with Crippen molar-refractivity contribution in [1.29, 1.82) is 0 Å². The quantitative estimate of drug-likeness (QED) is 0.594. The molecule has 0 aromatic heterocycles. The first-order valence-electron chi connectivity index (χ1n) is 9.58. The van der Waals surface area contributed by atoms with Gasteiger partial charge in [0.25, 0.3) is 0 Å². The summed E-state index contributed by atoms with van der Waals surface area (Å²) in [5.41, 5.74) is -1.50.